The fraction of sp³-hybridized carbons (Fsp3) is 0.500. The predicted molar refractivity (Wildman–Crippen MR) is 91.5 cm³/mol. The molecule has 0 atom stereocenters. The molecule has 2 fully saturated rings. The molecule has 1 amide bonds. The minimum atomic E-state index is -0.219. The van der Waals surface area contributed by atoms with Crippen LogP contribution in [-0.2, 0) is 4.74 Å². The number of hydrogen-bond acceptors (Lipinski definition) is 6. The van der Waals surface area contributed by atoms with Gasteiger partial charge in [-0.25, -0.2) is 4.98 Å². The molecule has 0 bridgehead atoms. The molecule has 4 heterocycles. The van der Waals surface area contributed by atoms with Crippen LogP contribution in [0.1, 0.15) is 29.1 Å². The summed E-state index contributed by atoms with van der Waals surface area (Å²) in [5.41, 5.74) is 0.695. The Labute approximate surface area is 146 Å². The van der Waals surface area contributed by atoms with E-state index in [4.69, 9.17) is 9.15 Å². The summed E-state index contributed by atoms with van der Waals surface area (Å²) in [6.45, 7) is 5.57. The van der Waals surface area contributed by atoms with Gasteiger partial charge in [-0.2, -0.15) is 0 Å². The SMILES string of the molecule is Cc1cncc(N2CCOC3(CCN(C(=O)c4ccco4)CC3)C2)n1. The molecule has 7 heteroatoms. The number of ether oxygens (including phenoxy) is 1. The molecular weight excluding hydrogens is 320 g/mol. The Bertz CT molecular complexity index is 739. The summed E-state index contributed by atoms with van der Waals surface area (Å²) >= 11 is 0. The van der Waals surface area contributed by atoms with Gasteiger partial charge in [0.25, 0.3) is 5.91 Å². The second-order valence-corrected chi connectivity index (χ2v) is 6.74. The van der Waals surface area contributed by atoms with Crippen molar-refractivity contribution in [3.63, 3.8) is 0 Å². The monoisotopic (exact) mass is 342 g/mol. The lowest BCUT2D eigenvalue weighted by Crippen LogP contribution is -2.57. The van der Waals surface area contributed by atoms with Crippen molar-refractivity contribution in [1.29, 1.82) is 0 Å². The van der Waals surface area contributed by atoms with E-state index in [1.165, 1.54) is 6.26 Å². The molecule has 4 rings (SSSR count). The van der Waals surface area contributed by atoms with Gasteiger partial charge in [-0.1, -0.05) is 0 Å². The van der Waals surface area contributed by atoms with Crippen LogP contribution in [0.5, 0.6) is 0 Å². The molecule has 132 valence electrons. The molecule has 2 aromatic rings. The summed E-state index contributed by atoms with van der Waals surface area (Å²) in [7, 11) is 0. The third-order valence-corrected chi connectivity index (χ3v) is 5.01. The predicted octanol–water partition coefficient (Wildman–Crippen LogP) is 1.89. The van der Waals surface area contributed by atoms with E-state index in [2.05, 4.69) is 14.9 Å². The maximum absolute atomic E-state index is 12.4. The summed E-state index contributed by atoms with van der Waals surface area (Å²) in [5, 5.41) is 0. The molecule has 2 aromatic heterocycles. The van der Waals surface area contributed by atoms with Crippen LogP contribution in [0.2, 0.25) is 0 Å². The van der Waals surface area contributed by atoms with Crippen molar-refractivity contribution in [1.82, 2.24) is 14.9 Å². The molecule has 1 spiro atoms. The zero-order chi connectivity index (χ0) is 17.3. The van der Waals surface area contributed by atoms with Crippen LogP contribution in [0.25, 0.3) is 0 Å². The number of morpholine rings is 1. The number of amides is 1. The molecule has 0 unspecified atom stereocenters. The third-order valence-electron chi connectivity index (χ3n) is 5.01. The number of anilines is 1. The highest BCUT2D eigenvalue weighted by Gasteiger charge is 2.41. The van der Waals surface area contributed by atoms with Gasteiger partial charge < -0.3 is 19.0 Å². The van der Waals surface area contributed by atoms with Gasteiger partial charge >= 0.3 is 0 Å². The first-order chi connectivity index (χ1) is 12.2. The van der Waals surface area contributed by atoms with Crippen LogP contribution in [0, 0.1) is 6.92 Å². The van der Waals surface area contributed by atoms with E-state index in [9.17, 15) is 4.79 Å². The molecule has 2 aliphatic rings. The molecule has 0 N–H and O–H groups in total. The number of nitrogens with zero attached hydrogens (tertiary/aromatic N) is 4. The van der Waals surface area contributed by atoms with E-state index in [0.29, 0.717) is 25.5 Å². The lowest BCUT2D eigenvalue weighted by Gasteiger charge is -2.47. The van der Waals surface area contributed by atoms with Crippen molar-refractivity contribution < 1.29 is 13.9 Å². The van der Waals surface area contributed by atoms with E-state index in [-0.39, 0.29) is 11.5 Å². The number of carbonyl (C=O) groups is 1. The number of aromatic nitrogens is 2. The first-order valence-electron chi connectivity index (χ1n) is 8.66. The highest BCUT2D eigenvalue weighted by Crippen LogP contribution is 2.32. The maximum atomic E-state index is 12.4. The van der Waals surface area contributed by atoms with Gasteiger partial charge in [0.2, 0.25) is 0 Å². The largest absolute Gasteiger partial charge is 0.459 e. The molecule has 0 aliphatic carbocycles. The fourth-order valence-corrected chi connectivity index (χ4v) is 3.62. The van der Waals surface area contributed by atoms with Gasteiger partial charge in [0, 0.05) is 32.4 Å². The first-order valence-corrected chi connectivity index (χ1v) is 8.66. The van der Waals surface area contributed by atoms with E-state index >= 15 is 0 Å². The fourth-order valence-electron chi connectivity index (χ4n) is 3.62. The van der Waals surface area contributed by atoms with Crippen LogP contribution in [0.15, 0.2) is 35.2 Å². The Morgan fingerprint density at radius 3 is 2.80 bits per heavy atom. The molecule has 25 heavy (non-hydrogen) atoms. The quantitative estimate of drug-likeness (QED) is 0.830. The normalized spacial score (nSPS) is 20.0. The van der Waals surface area contributed by atoms with Crippen molar-refractivity contribution in [3.8, 4) is 0 Å². The summed E-state index contributed by atoms with van der Waals surface area (Å²) in [6.07, 6.45) is 6.73. The average Bonchev–Trinajstić information content (AvgIpc) is 3.17. The van der Waals surface area contributed by atoms with Crippen molar-refractivity contribution >= 4 is 11.7 Å². The molecule has 2 saturated heterocycles. The highest BCUT2D eigenvalue weighted by molar-refractivity contribution is 5.91. The number of rotatable bonds is 2. The number of likely N-dealkylation sites (tertiary alicyclic amines) is 1. The van der Waals surface area contributed by atoms with Crippen LogP contribution >= 0.6 is 0 Å². The van der Waals surface area contributed by atoms with Gasteiger partial charge in [-0.15, -0.1) is 0 Å². The van der Waals surface area contributed by atoms with Gasteiger partial charge in [0.05, 0.1) is 30.4 Å². The van der Waals surface area contributed by atoms with E-state index in [1.807, 2.05) is 18.0 Å². The Morgan fingerprint density at radius 1 is 1.24 bits per heavy atom. The third kappa shape index (κ3) is 3.24. The Morgan fingerprint density at radius 2 is 2.08 bits per heavy atom. The Kier molecular flexibility index (Phi) is 4.17. The Balaban J connectivity index is 1.42. The number of aryl methyl sites for hydroxylation is 1. The molecule has 7 nitrogen and oxygen atoms in total. The lowest BCUT2D eigenvalue weighted by atomic mass is 9.89. The summed E-state index contributed by atoms with van der Waals surface area (Å²) in [5.74, 6) is 1.26. The second-order valence-electron chi connectivity index (χ2n) is 6.74. The molecule has 0 saturated carbocycles. The van der Waals surface area contributed by atoms with Crippen molar-refractivity contribution in [3.05, 3.63) is 42.2 Å². The maximum Gasteiger partial charge on any atom is 0.289 e. The molecule has 0 aromatic carbocycles. The zero-order valence-corrected chi connectivity index (χ0v) is 14.4. The molecule has 2 aliphatic heterocycles. The average molecular weight is 342 g/mol. The van der Waals surface area contributed by atoms with Crippen LogP contribution in [-0.4, -0.2) is 59.2 Å². The van der Waals surface area contributed by atoms with Crippen LogP contribution < -0.4 is 4.90 Å². The second kappa shape index (κ2) is 6.48. The number of carbonyl (C=O) groups excluding carboxylic acids is 1. The molecule has 0 radical (unpaired) electrons. The molecular formula is C18H22N4O3. The van der Waals surface area contributed by atoms with E-state index in [1.54, 1.807) is 18.3 Å². The minimum Gasteiger partial charge on any atom is -0.459 e. The van der Waals surface area contributed by atoms with Crippen molar-refractivity contribution in [2.45, 2.75) is 25.4 Å². The van der Waals surface area contributed by atoms with Crippen molar-refractivity contribution in [2.24, 2.45) is 0 Å². The zero-order valence-electron chi connectivity index (χ0n) is 14.4. The van der Waals surface area contributed by atoms with Crippen molar-refractivity contribution in [2.75, 3.05) is 37.7 Å². The van der Waals surface area contributed by atoms with Gasteiger partial charge in [-0.05, 0) is 31.9 Å². The summed E-state index contributed by atoms with van der Waals surface area (Å²) < 4.78 is 11.4. The van der Waals surface area contributed by atoms with E-state index in [0.717, 1.165) is 37.4 Å². The lowest BCUT2D eigenvalue weighted by molar-refractivity contribution is -0.0872. The van der Waals surface area contributed by atoms with Crippen LogP contribution in [0.4, 0.5) is 5.82 Å². The first kappa shape index (κ1) is 16.1. The van der Waals surface area contributed by atoms with Gasteiger partial charge in [0.1, 0.15) is 5.82 Å². The minimum absolute atomic E-state index is 0.0444. The summed E-state index contributed by atoms with van der Waals surface area (Å²) in [6, 6.07) is 3.45. The number of piperidine rings is 1. The van der Waals surface area contributed by atoms with Crippen LogP contribution in [0.3, 0.4) is 0 Å². The topological polar surface area (TPSA) is 71.7 Å². The summed E-state index contributed by atoms with van der Waals surface area (Å²) in [4.78, 5) is 25.3. The Hall–Kier alpha value is -2.41. The van der Waals surface area contributed by atoms with Gasteiger partial charge in [0.15, 0.2) is 5.76 Å². The highest BCUT2D eigenvalue weighted by atomic mass is 16.5. The van der Waals surface area contributed by atoms with E-state index < -0.39 is 0 Å². The number of hydrogen-bond donors (Lipinski definition) is 0. The van der Waals surface area contributed by atoms with Gasteiger partial charge in [-0.3, -0.25) is 9.78 Å². The number of furan rings is 1. The standard InChI is InChI=1S/C18H22N4O3/c1-14-11-19-12-16(20-14)22-8-10-25-18(13-22)4-6-21(7-5-18)17(23)15-3-2-9-24-15/h2-3,9,11-12H,4-8,10,13H2,1H3. The smallest absolute Gasteiger partial charge is 0.289 e.